The molecule has 2 aliphatic rings. The largest absolute Gasteiger partial charge is 0.497 e. The van der Waals surface area contributed by atoms with Crippen LogP contribution in [0.2, 0.25) is 0 Å². The van der Waals surface area contributed by atoms with Crippen LogP contribution in [0.3, 0.4) is 0 Å². The van der Waals surface area contributed by atoms with E-state index in [1.165, 1.54) is 16.8 Å². The minimum absolute atomic E-state index is 0.0322. The molecule has 0 spiro atoms. The number of thioether (sulfide) groups is 1. The summed E-state index contributed by atoms with van der Waals surface area (Å²) in [6.07, 6.45) is 3.57. The van der Waals surface area contributed by atoms with Crippen molar-refractivity contribution in [1.29, 1.82) is 5.41 Å². The van der Waals surface area contributed by atoms with Crippen LogP contribution in [0, 0.1) is 5.41 Å². The number of aromatic nitrogens is 1. The Hall–Kier alpha value is -3.33. The van der Waals surface area contributed by atoms with Crippen LogP contribution in [0.25, 0.3) is 6.08 Å². The van der Waals surface area contributed by atoms with Crippen LogP contribution >= 0.6 is 11.8 Å². The molecule has 0 unspecified atom stereocenters. The van der Waals surface area contributed by atoms with E-state index in [0.29, 0.717) is 18.3 Å². The first-order valence-electron chi connectivity index (χ1n) is 8.94. The summed E-state index contributed by atoms with van der Waals surface area (Å²) in [7, 11) is 1.61. The fraction of sp³-hybridized carbons (Fsp3) is 0.200. The minimum Gasteiger partial charge on any atom is -0.497 e. The first-order chi connectivity index (χ1) is 14.0. The SMILES string of the molecule is COc1cccc(OCCn2cccc2/C=C2/C(=N)N3N=C(C)SC3=NC2=O)c1. The van der Waals surface area contributed by atoms with E-state index in [-0.39, 0.29) is 11.4 Å². The van der Waals surface area contributed by atoms with Gasteiger partial charge in [0.05, 0.1) is 24.3 Å². The number of hydrogen-bond donors (Lipinski definition) is 1. The van der Waals surface area contributed by atoms with Crippen molar-refractivity contribution < 1.29 is 14.3 Å². The summed E-state index contributed by atoms with van der Waals surface area (Å²) in [5, 5.41) is 15.2. The highest BCUT2D eigenvalue weighted by Crippen LogP contribution is 2.28. The van der Waals surface area contributed by atoms with Crippen molar-refractivity contribution in [1.82, 2.24) is 9.58 Å². The van der Waals surface area contributed by atoms with Crippen LogP contribution in [-0.2, 0) is 11.3 Å². The first-order valence-corrected chi connectivity index (χ1v) is 9.75. The summed E-state index contributed by atoms with van der Waals surface area (Å²) in [5.41, 5.74) is 1.00. The zero-order chi connectivity index (χ0) is 20.4. The van der Waals surface area contributed by atoms with Gasteiger partial charge >= 0.3 is 0 Å². The molecule has 9 heteroatoms. The van der Waals surface area contributed by atoms with E-state index in [4.69, 9.17) is 14.9 Å². The van der Waals surface area contributed by atoms with Gasteiger partial charge in [-0.2, -0.15) is 15.1 Å². The third-order valence-corrected chi connectivity index (χ3v) is 5.18. The van der Waals surface area contributed by atoms with Gasteiger partial charge in [-0.1, -0.05) is 6.07 Å². The molecule has 3 heterocycles. The lowest BCUT2D eigenvalue weighted by molar-refractivity contribution is -0.114. The molecule has 0 aliphatic carbocycles. The van der Waals surface area contributed by atoms with Gasteiger partial charge in [-0.3, -0.25) is 10.2 Å². The van der Waals surface area contributed by atoms with E-state index in [2.05, 4.69) is 10.1 Å². The van der Waals surface area contributed by atoms with Crippen molar-refractivity contribution in [2.45, 2.75) is 13.5 Å². The maximum absolute atomic E-state index is 12.4. The van der Waals surface area contributed by atoms with Crippen LogP contribution in [0.1, 0.15) is 12.6 Å². The summed E-state index contributed by atoms with van der Waals surface area (Å²) in [6, 6.07) is 11.2. The standard InChI is InChI=1S/C20H19N5O3S/c1-13-23-25-18(21)17(19(26)22-20(25)29-13)11-14-5-4-8-24(14)9-10-28-16-7-3-6-15(12-16)27-2/h3-8,11-12,21H,9-10H2,1-2H3/b17-11-,21-18?. The van der Waals surface area contributed by atoms with Crippen molar-refractivity contribution in [2.24, 2.45) is 10.1 Å². The van der Waals surface area contributed by atoms with Crippen LogP contribution in [-0.4, -0.2) is 45.2 Å². The molecule has 4 rings (SSSR count). The quantitative estimate of drug-likeness (QED) is 0.740. The lowest BCUT2D eigenvalue weighted by Crippen LogP contribution is -2.35. The number of aliphatic imine (C=N–C) groups is 1. The molecular weight excluding hydrogens is 390 g/mol. The Morgan fingerprint density at radius 3 is 2.90 bits per heavy atom. The fourth-order valence-electron chi connectivity index (χ4n) is 2.95. The summed E-state index contributed by atoms with van der Waals surface area (Å²) in [4.78, 5) is 16.5. The molecule has 1 aromatic carbocycles. The number of amidine groups is 2. The van der Waals surface area contributed by atoms with E-state index in [1.807, 2.05) is 54.1 Å². The number of rotatable bonds is 6. The molecule has 0 saturated carbocycles. The number of nitrogens with one attached hydrogen (secondary N) is 1. The Morgan fingerprint density at radius 1 is 1.24 bits per heavy atom. The number of fused-ring (bicyclic) bond motifs is 1. The number of carbonyl (C=O) groups is 1. The van der Waals surface area contributed by atoms with Gasteiger partial charge in [0.2, 0.25) is 5.17 Å². The van der Waals surface area contributed by atoms with E-state index < -0.39 is 5.91 Å². The number of hydrogen-bond acceptors (Lipinski definition) is 6. The summed E-state index contributed by atoms with van der Waals surface area (Å²) in [5.74, 6) is 1.06. The molecule has 2 aromatic rings. The van der Waals surface area contributed by atoms with Crippen LogP contribution < -0.4 is 9.47 Å². The number of benzene rings is 1. The number of carbonyl (C=O) groups excluding carboxylic acids is 1. The number of nitrogens with zero attached hydrogens (tertiary/aromatic N) is 4. The van der Waals surface area contributed by atoms with E-state index in [9.17, 15) is 4.79 Å². The smallest absolute Gasteiger partial charge is 0.283 e. The second-order valence-electron chi connectivity index (χ2n) is 6.29. The van der Waals surface area contributed by atoms with Gasteiger partial charge in [-0.15, -0.1) is 0 Å². The van der Waals surface area contributed by atoms with Crippen molar-refractivity contribution >= 4 is 39.8 Å². The van der Waals surface area contributed by atoms with Crippen molar-refractivity contribution in [3.63, 3.8) is 0 Å². The van der Waals surface area contributed by atoms with E-state index >= 15 is 0 Å². The van der Waals surface area contributed by atoms with Gasteiger partial charge in [0, 0.05) is 18.0 Å². The second-order valence-corrected chi connectivity index (χ2v) is 7.45. The zero-order valence-electron chi connectivity index (χ0n) is 16.0. The van der Waals surface area contributed by atoms with E-state index in [0.717, 1.165) is 22.2 Å². The average molecular weight is 409 g/mol. The van der Waals surface area contributed by atoms with Crippen molar-refractivity contribution in [3.05, 3.63) is 53.9 Å². The van der Waals surface area contributed by atoms with Crippen molar-refractivity contribution in [3.8, 4) is 11.5 Å². The fourth-order valence-corrected chi connectivity index (χ4v) is 3.68. The van der Waals surface area contributed by atoms with E-state index in [1.54, 1.807) is 13.2 Å². The molecule has 1 amide bonds. The molecule has 0 radical (unpaired) electrons. The molecule has 0 bridgehead atoms. The predicted molar refractivity (Wildman–Crippen MR) is 114 cm³/mol. The Labute approximate surface area is 172 Å². The molecule has 2 aliphatic heterocycles. The third kappa shape index (κ3) is 3.95. The van der Waals surface area contributed by atoms with Gasteiger partial charge in [0.25, 0.3) is 5.91 Å². The number of ether oxygens (including phenoxy) is 2. The normalized spacial score (nSPS) is 17.3. The Kier molecular flexibility index (Phi) is 5.22. The highest BCUT2D eigenvalue weighted by molar-refractivity contribution is 8.26. The Morgan fingerprint density at radius 2 is 2.07 bits per heavy atom. The van der Waals surface area contributed by atoms with Gasteiger partial charge in [-0.25, -0.2) is 0 Å². The summed E-state index contributed by atoms with van der Waals surface area (Å²) >= 11 is 1.29. The van der Waals surface area contributed by atoms with Crippen LogP contribution in [0.5, 0.6) is 11.5 Å². The molecule has 0 saturated heterocycles. The summed E-state index contributed by atoms with van der Waals surface area (Å²) in [6.45, 7) is 2.84. The Bertz CT molecular complexity index is 1070. The lowest BCUT2D eigenvalue weighted by atomic mass is 10.1. The van der Waals surface area contributed by atoms with Gasteiger partial charge in [0.15, 0.2) is 5.84 Å². The van der Waals surface area contributed by atoms with Crippen molar-refractivity contribution in [2.75, 3.05) is 13.7 Å². The number of hydrazone groups is 1. The maximum atomic E-state index is 12.4. The Balaban J connectivity index is 1.48. The van der Waals surface area contributed by atoms with Gasteiger partial charge in [0.1, 0.15) is 18.1 Å². The monoisotopic (exact) mass is 409 g/mol. The molecule has 148 valence electrons. The topological polar surface area (TPSA) is 92.3 Å². The zero-order valence-corrected chi connectivity index (χ0v) is 16.8. The molecule has 1 aromatic heterocycles. The third-order valence-electron chi connectivity index (χ3n) is 4.35. The molecule has 8 nitrogen and oxygen atoms in total. The maximum Gasteiger partial charge on any atom is 0.283 e. The van der Waals surface area contributed by atoms with Gasteiger partial charge in [-0.05, 0) is 49.0 Å². The van der Waals surface area contributed by atoms with Crippen LogP contribution in [0.15, 0.2) is 58.3 Å². The molecule has 1 N–H and O–H groups in total. The van der Waals surface area contributed by atoms with Gasteiger partial charge < -0.3 is 14.0 Å². The minimum atomic E-state index is -0.431. The average Bonchev–Trinajstić information content (AvgIpc) is 3.31. The summed E-state index contributed by atoms with van der Waals surface area (Å²) < 4.78 is 13.0. The molecule has 29 heavy (non-hydrogen) atoms. The number of methoxy groups -OCH3 is 1. The predicted octanol–water partition coefficient (Wildman–Crippen LogP) is 3.21. The van der Waals surface area contributed by atoms with Crippen LogP contribution in [0.4, 0.5) is 0 Å². The second kappa shape index (κ2) is 7.96. The molecule has 0 atom stereocenters. The molecule has 0 fully saturated rings. The highest BCUT2D eigenvalue weighted by atomic mass is 32.2. The number of amides is 1. The lowest BCUT2D eigenvalue weighted by Gasteiger charge is -2.20. The molecular formula is C20H19N5O3S. The highest BCUT2D eigenvalue weighted by Gasteiger charge is 2.34. The first kappa shape index (κ1) is 19.0.